The van der Waals surface area contributed by atoms with Crippen LogP contribution in [0.15, 0.2) is 22.5 Å². The summed E-state index contributed by atoms with van der Waals surface area (Å²) in [6.07, 6.45) is 0.759. The molecule has 0 bridgehead atoms. The Kier molecular flexibility index (Phi) is 11.9. The number of esters is 1. The van der Waals surface area contributed by atoms with Crippen LogP contribution in [-0.2, 0) is 4.74 Å². The van der Waals surface area contributed by atoms with Crippen LogP contribution in [0.25, 0.3) is 0 Å². The highest BCUT2D eigenvalue weighted by Crippen LogP contribution is 2.24. The minimum absolute atomic E-state index is 0. The second-order valence-electron chi connectivity index (χ2n) is 6.14. The molecule has 30 heavy (non-hydrogen) atoms. The Balaban J connectivity index is 0.00000450. The smallest absolute Gasteiger partial charge is 0.350 e. The molecular formula is C19H28IN5O3S2. The summed E-state index contributed by atoms with van der Waals surface area (Å²) in [5.74, 6) is 0.244. The van der Waals surface area contributed by atoms with Gasteiger partial charge >= 0.3 is 5.97 Å². The zero-order chi connectivity index (χ0) is 21.2. The highest BCUT2D eigenvalue weighted by atomic mass is 127. The third-order valence-corrected chi connectivity index (χ3v) is 6.09. The van der Waals surface area contributed by atoms with Crippen LogP contribution in [0.2, 0.25) is 0 Å². The first kappa shape index (κ1) is 26.3. The first-order valence-corrected chi connectivity index (χ1v) is 11.1. The quantitative estimate of drug-likeness (QED) is 0.142. The van der Waals surface area contributed by atoms with E-state index in [4.69, 9.17) is 4.74 Å². The summed E-state index contributed by atoms with van der Waals surface area (Å²) in [5, 5.41) is 12.0. The maximum Gasteiger partial charge on any atom is 0.350 e. The minimum atomic E-state index is -0.340. The summed E-state index contributed by atoms with van der Waals surface area (Å²) in [4.78, 5) is 33.8. The third-order valence-electron chi connectivity index (χ3n) is 3.90. The number of aromatic nitrogens is 1. The van der Waals surface area contributed by atoms with Crippen molar-refractivity contribution < 1.29 is 14.3 Å². The van der Waals surface area contributed by atoms with Crippen molar-refractivity contribution in [2.75, 3.05) is 26.7 Å². The SMILES string of the molecule is CCOC(=O)c1sc(C(C)NC(=NC)NCCCNC(=O)c2cccs2)nc1C.I. The van der Waals surface area contributed by atoms with Crippen molar-refractivity contribution in [3.05, 3.63) is 38.0 Å². The molecule has 1 amide bonds. The van der Waals surface area contributed by atoms with Crippen molar-refractivity contribution in [3.8, 4) is 0 Å². The number of thiophene rings is 1. The molecule has 166 valence electrons. The highest BCUT2D eigenvalue weighted by Gasteiger charge is 2.20. The van der Waals surface area contributed by atoms with Gasteiger partial charge in [0.25, 0.3) is 5.91 Å². The van der Waals surface area contributed by atoms with E-state index in [1.807, 2.05) is 18.4 Å². The van der Waals surface area contributed by atoms with E-state index in [-0.39, 0.29) is 41.9 Å². The fourth-order valence-electron chi connectivity index (χ4n) is 2.44. The van der Waals surface area contributed by atoms with E-state index in [2.05, 4.69) is 25.9 Å². The minimum Gasteiger partial charge on any atom is -0.462 e. The lowest BCUT2D eigenvalue weighted by molar-refractivity contribution is 0.0531. The number of ether oxygens (including phenoxy) is 1. The highest BCUT2D eigenvalue weighted by molar-refractivity contribution is 14.0. The monoisotopic (exact) mass is 565 g/mol. The molecule has 2 aromatic rings. The van der Waals surface area contributed by atoms with Gasteiger partial charge in [-0.2, -0.15) is 0 Å². The molecule has 0 radical (unpaired) electrons. The van der Waals surface area contributed by atoms with E-state index in [0.29, 0.717) is 41.1 Å². The average Bonchev–Trinajstić information content (AvgIpc) is 3.36. The van der Waals surface area contributed by atoms with E-state index in [1.54, 1.807) is 27.0 Å². The number of thiazole rings is 1. The zero-order valence-corrected chi connectivity index (χ0v) is 21.4. The van der Waals surface area contributed by atoms with Gasteiger partial charge in [-0.1, -0.05) is 6.07 Å². The van der Waals surface area contributed by atoms with Gasteiger partial charge in [0.1, 0.15) is 9.88 Å². The standard InChI is InChI=1S/C19H27N5O3S2.HI/c1-5-27-18(26)15-12(2)23-17(29-15)13(3)24-19(20-4)22-10-7-9-21-16(25)14-8-6-11-28-14;/h6,8,11,13H,5,7,9-10H2,1-4H3,(H,21,25)(H2,20,22,24);1H. The van der Waals surface area contributed by atoms with E-state index >= 15 is 0 Å². The topological polar surface area (TPSA) is 105 Å². The van der Waals surface area contributed by atoms with Gasteiger partial charge in [0.15, 0.2) is 5.96 Å². The lowest BCUT2D eigenvalue weighted by atomic mass is 10.3. The van der Waals surface area contributed by atoms with Crippen molar-refractivity contribution in [2.45, 2.75) is 33.2 Å². The lowest BCUT2D eigenvalue weighted by Crippen LogP contribution is -2.40. The molecule has 11 heteroatoms. The summed E-state index contributed by atoms with van der Waals surface area (Å²) in [5.41, 5.74) is 0.668. The van der Waals surface area contributed by atoms with E-state index in [1.165, 1.54) is 22.7 Å². The molecule has 0 aliphatic carbocycles. The Bertz CT molecular complexity index is 839. The number of carbonyl (C=O) groups is 2. The molecule has 3 N–H and O–H groups in total. The summed E-state index contributed by atoms with van der Waals surface area (Å²) >= 11 is 2.75. The van der Waals surface area contributed by atoms with Crippen LogP contribution in [0.4, 0.5) is 0 Å². The number of hydrogen-bond donors (Lipinski definition) is 3. The molecule has 2 rings (SSSR count). The number of aryl methyl sites for hydroxylation is 1. The van der Waals surface area contributed by atoms with Crippen molar-refractivity contribution in [1.82, 2.24) is 20.9 Å². The third kappa shape index (κ3) is 7.84. The van der Waals surface area contributed by atoms with Crippen LogP contribution >= 0.6 is 46.7 Å². The zero-order valence-electron chi connectivity index (χ0n) is 17.5. The molecule has 0 aromatic carbocycles. The van der Waals surface area contributed by atoms with Crippen LogP contribution in [0.3, 0.4) is 0 Å². The molecule has 8 nitrogen and oxygen atoms in total. The van der Waals surface area contributed by atoms with Gasteiger partial charge in [0.2, 0.25) is 0 Å². The number of aliphatic imine (C=N–C) groups is 1. The maximum absolute atomic E-state index is 12.0. The van der Waals surface area contributed by atoms with Gasteiger partial charge in [-0.3, -0.25) is 9.79 Å². The molecular weight excluding hydrogens is 537 g/mol. The Labute approximate surface area is 201 Å². The number of guanidine groups is 1. The first-order valence-electron chi connectivity index (χ1n) is 9.39. The number of rotatable bonds is 9. The van der Waals surface area contributed by atoms with Gasteiger partial charge in [0, 0.05) is 20.1 Å². The van der Waals surface area contributed by atoms with E-state index in [9.17, 15) is 9.59 Å². The average molecular weight is 566 g/mol. The Morgan fingerprint density at radius 2 is 2.03 bits per heavy atom. The number of nitrogens with zero attached hydrogens (tertiary/aromatic N) is 2. The Hall–Kier alpha value is -1.73. The number of halogens is 1. The summed E-state index contributed by atoms with van der Waals surface area (Å²) < 4.78 is 5.07. The van der Waals surface area contributed by atoms with Gasteiger partial charge in [-0.05, 0) is 38.6 Å². The van der Waals surface area contributed by atoms with Crippen LogP contribution in [0.1, 0.15) is 56.4 Å². The van der Waals surface area contributed by atoms with Gasteiger partial charge in [-0.25, -0.2) is 9.78 Å². The molecule has 0 spiro atoms. The molecule has 1 atom stereocenters. The predicted molar refractivity (Wildman–Crippen MR) is 132 cm³/mol. The van der Waals surface area contributed by atoms with E-state index < -0.39 is 0 Å². The molecule has 0 saturated heterocycles. The molecule has 0 aliphatic heterocycles. The summed E-state index contributed by atoms with van der Waals surface area (Å²) in [6, 6.07) is 3.54. The molecule has 2 aromatic heterocycles. The van der Waals surface area contributed by atoms with Crippen LogP contribution in [-0.4, -0.2) is 49.6 Å². The van der Waals surface area contributed by atoms with Crippen molar-refractivity contribution in [1.29, 1.82) is 0 Å². The van der Waals surface area contributed by atoms with Gasteiger partial charge in [-0.15, -0.1) is 46.7 Å². The van der Waals surface area contributed by atoms with Crippen LogP contribution < -0.4 is 16.0 Å². The number of carbonyl (C=O) groups excluding carboxylic acids is 2. The largest absolute Gasteiger partial charge is 0.462 e. The Morgan fingerprint density at radius 3 is 2.67 bits per heavy atom. The summed E-state index contributed by atoms with van der Waals surface area (Å²) in [6.45, 7) is 7.11. The number of hydrogen-bond acceptors (Lipinski definition) is 7. The Morgan fingerprint density at radius 1 is 1.30 bits per heavy atom. The molecule has 2 heterocycles. The van der Waals surface area contributed by atoms with Crippen molar-refractivity contribution >= 4 is 64.5 Å². The molecule has 0 fully saturated rings. The molecule has 0 aliphatic rings. The predicted octanol–water partition coefficient (Wildman–Crippen LogP) is 3.35. The van der Waals surface area contributed by atoms with Crippen LogP contribution in [0.5, 0.6) is 0 Å². The van der Waals surface area contributed by atoms with Crippen molar-refractivity contribution in [3.63, 3.8) is 0 Å². The molecule has 1 unspecified atom stereocenters. The van der Waals surface area contributed by atoms with Crippen molar-refractivity contribution in [2.24, 2.45) is 4.99 Å². The fraction of sp³-hybridized carbons (Fsp3) is 0.474. The number of nitrogens with one attached hydrogen (secondary N) is 3. The van der Waals surface area contributed by atoms with Crippen LogP contribution in [0, 0.1) is 6.92 Å². The van der Waals surface area contributed by atoms with Gasteiger partial charge < -0.3 is 20.7 Å². The molecule has 0 saturated carbocycles. The second-order valence-corrected chi connectivity index (χ2v) is 8.12. The number of amides is 1. The normalized spacial score (nSPS) is 11.9. The second kappa shape index (κ2) is 13.5. The maximum atomic E-state index is 12.0. The lowest BCUT2D eigenvalue weighted by Gasteiger charge is -2.16. The van der Waals surface area contributed by atoms with Gasteiger partial charge in [0.05, 0.1) is 23.2 Å². The summed E-state index contributed by atoms with van der Waals surface area (Å²) in [7, 11) is 1.69. The fourth-order valence-corrected chi connectivity index (χ4v) is 4.05. The first-order chi connectivity index (χ1) is 14.0. The van der Waals surface area contributed by atoms with E-state index in [0.717, 1.165) is 11.4 Å².